The number of carbonyl (C=O) groups is 1. The Morgan fingerprint density at radius 3 is 2.71 bits per heavy atom. The van der Waals surface area contributed by atoms with Gasteiger partial charge in [-0.1, -0.05) is 24.3 Å². The molecule has 0 atom stereocenters. The van der Waals surface area contributed by atoms with Gasteiger partial charge in [-0.05, 0) is 0 Å². The van der Waals surface area contributed by atoms with Crippen LogP contribution in [0.3, 0.4) is 0 Å². The van der Waals surface area contributed by atoms with E-state index in [9.17, 15) is 9.90 Å². The smallest absolute Gasteiger partial charge is 0.199 e. The molecule has 4 heteroatoms. The van der Waals surface area contributed by atoms with Crippen LogP contribution < -0.4 is 0 Å². The maximum atomic E-state index is 11.9. The Morgan fingerprint density at radius 1 is 1.35 bits per heavy atom. The fraction of sp³-hybridized carbons (Fsp3) is 0.231. The van der Waals surface area contributed by atoms with Crippen molar-refractivity contribution in [2.75, 3.05) is 20.3 Å². The Balaban J connectivity index is 2.23. The molecule has 0 saturated heterocycles. The molecule has 0 aromatic heterocycles. The quantitative estimate of drug-likeness (QED) is 0.635. The predicted octanol–water partition coefficient (Wildman–Crippen LogP) is 1.87. The van der Waals surface area contributed by atoms with E-state index in [1.807, 2.05) is 0 Å². The summed E-state index contributed by atoms with van der Waals surface area (Å²) in [6.07, 6.45) is 1.41. The van der Waals surface area contributed by atoms with Gasteiger partial charge in [0.2, 0.25) is 0 Å². The molecule has 1 aromatic carbocycles. The molecule has 0 radical (unpaired) electrons. The van der Waals surface area contributed by atoms with E-state index in [0.29, 0.717) is 24.3 Å². The molecule has 2 rings (SSSR count). The molecule has 0 unspecified atom stereocenters. The van der Waals surface area contributed by atoms with Crippen LogP contribution in [0.2, 0.25) is 0 Å². The van der Waals surface area contributed by atoms with E-state index < -0.39 is 0 Å². The standard InChI is InChI=1S/C13H13NO3/c1-17-7-6-14-8-11-12(15)9-4-2-3-5-10(9)13(11)16/h2-5,8,15H,6-7H2,1H3. The normalized spacial score (nSPS) is 14.8. The third-order valence-electron chi connectivity index (χ3n) is 2.57. The van der Waals surface area contributed by atoms with Crippen LogP contribution in [0.15, 0.2) is 34.8 Å². The van der Waals surface area contributed by atoms with Crippen molar-refractivity contribution < 1.29 is 14.6 Å². The van der Waals surface area contributed by atoms with Crippen LogP contribution in [0, 0.1) is 0 Å². The van der Waals surface area contributed by atoms with Crippen LogP contribution in [0.4, 0.5) is 0 Å². The topological polar surface area (TPSA) is 58.9 Å². The van der Waals surface area contributed by atoms with Crippen molar-refractivity contribution in [2.45, 2.75) is 0 Å². The van der Waals surface area contributed by atoms with Gasteiger partial charge in [-0.25, -0.2) is 0 Å². The molecule has 4 nitrogen and oxygen atoms in total. The van der Waals surface area contributed by atoms with Gasteiger partial charge >= 0.3 is 0 Å². The predicted molar refractivity (Wildman–Crippen MR) is 65.6 cm³/mol. The molecule has 0 aliphatic heterocycles. The lowest BCUT2D eigenvalue weighted by atomic mass is 10.1. The minimum absolute atomic E-state index is 0.00627. The van der Waals surface area contributed by atoms with Crippen LogP contribution >= 0.6 is 0 Å². The SMILES string of the molecule is COCCN=CC1=C(O)c2ccccc2C1=O. The van der Waals surface area contributed by atoms with Gasteiger partial charge in [0.1, 0.15) is 5.76 Å². The first-order valence-corrected chi connectivity index (χ1v) is 5.32. The maximum absolute atomic E-state index is 11.9. The van der Waals surface area contributed by atoms with Crippen molar-refractivity contribution in [3.05, 3.63) is 41.0 Å². The summed E-state index contributed by atoms with van der Waals surface area (Å²) < 4.78 is 4.84. The number of hydrogen-bond donors (Lipinski definition) is 1. The fourth-order valence-corrected chi connectivity index (χ4v) is 1.70. The van der Waals surface area contributed by atoms with Gasteiger partial charge in [0, 0.05) is 24.5 Å². The highest BCUT2D eigenvalue weighted by molar-refractivity contribution is 6.30. The number of methoxy groups -OCH3 is 1. The summed E-state index contributed by atoms with van der Waals surface area (Å²) in [5.41, 5.74) is 1.35. The maximum Gasteiger partial charge on any atom is 0.199 e. The monoisotopic (exact) mass is 231 g/mol. The molecule has 0 fully saturated rings. The third kappa shape index (κ3) is 2.12. The molecule has 88 valence electrons. The van der Waals surface area contributed by atoms with Gasteiger partial charge in [-0.15, -0.1) is 0 Å². The van der Waals surface area contributed by atoms with E-state index in [-0.39, 0.29) is 17.1 Å². The van der Waals surface area contributed by atoms with Crippen molar-refractivity contribution in [1.82, 2.24) is 0 Å². The minimum Gasteiger partial charge on any atom is -0.506 e. The number of Topliss-reactive ketones (excluding diaryl/α,β-unsaturated/α-hetero) is 1. The molecule has 1 aromatic rings. The number of benzene rings is 1. The van der Waals surface area contributed by atoms with Gasteiger partial charge in [-0.3, -0.25) is 9.79 Å². The Bertz CT molecular complexity index is 503. The molecule has 1 aliphatic carbocycles. The third-order valence-corrected chi connectivity index (χ3v) is 2.57. The Morgan fingerprint density at radius 2 is 2.06 bits per heavy atom. The van der Waals surface area contributed by atoms with Crippen LogP contribution in [0.25, 0.3) is 5.76 Å². The molecule has 0 amide bonds. The number of rotatable bonds is 4. The average molecular weight is 231 g/mol. The van der Waals surface area contributed by atoms with Crippen molar-refractivity contribution in [3.63, 3.8) is 0 Å². The van der Waals surface area contributed by atoms with Crippen molar-refractivity contribution in [2.24, 2.45) is 4.99 Å². The lowest BCUT2D eigenvalue weighted by Crippen LogP contribution is -2.01. The van der Waals surface area contributed by atoms with Gasteiger partial charge in [0.05, 0.1) is 18.7 Å². The number of aliphatic hydroxyl groups is 1. The van der Waals surface area contributed by atoms with Gasteiger partial charge in [0.15, 0.2) is 5.78 Å². The van der Waals surface area contributed by atoms with Crippen LogP contribution in [-0.2, 0) is 4.74 Å². The number of ketones is 1. The molecule has 0 heterocycles. The second kappa shape index (κ2) is 4.93. The summed E-state index contributed by atoms with van der Waals surface area (Å²) in [6.45, 7) is 0.961. The number of carbonyl (C=O) groups excluding carboxylic acids is 1. The number of hydrogen-bond acceptors (Lipinski definition) is 4. The second-order valence-electron chi connectivity index (χ2n) is 3.67. The Labute approximate surface area is 99.3 Å². The minimum atomic E-state index is -0.181. The molecular weight excluding hydrogens is 218 g/mol. The van der Waals surface area contributed by atoms with Crippen molar-refractivity contribution in [3.8, 4) is 0 Å². The highest BCUT2D eigenvalue weighted by atomic mass is 16.5. The van der Waals surface area contributed by atoms with E-state index in [1.165, 1.54) is 6.21 Å². The highest BCUT2D eigenvalue weighted by Gasteiger charge is 2.27. The zero-order chi connectivity index (χ0) is 12.3. The summed E-state index contributed by atoms with van der Waals surface area (Å²) in [6, 6.07) is 6.98. The van der Waals surface area contributed by atoms with Crippen LogP contribution in [-0.4, -0.2) is 37.4 Å². The second-order valence-corrected chi connectivity index (χ2v) is 3.67. The number of fused-ring (bicyclic) bond motifs is 1. The summed E-state index contributed by atoms with van der Waals surface area (Å²) in [5.74, 6) is -0.175. The number of aliphatic imine (C=N–C) groups is 1. The van der Waals surface area contributed by atoms with Crippen LogP contribution in [0.5, 0.6) is 0 Å². The Kier molecular flexibility index (Phi) is 3.35. The molecule has 0 spiro atoms. The van der Waals surface area contributed by atoms with Gasteiger partial charge in [0.25, 0.3) is 0 Å². The Hall–Kier alpha value is -1.94. The van der Waals surface area contributed by atoms with E-state index >= 15 is 0 Å². The van der Waals surface area contributed by atoms with E-state index in [2.05, 4.69) is 4.99 Å². The summed E-state index contributed by atoms with van der Waals surface area (Å²) in [5, 5.41) is 9.90. The summed E-state index contributed by atoms with van der Waals surface area (Å²) >= 11 is 0. The average Bonchev–Trinajstić information content (AvgIpc) is 2.60. The highest BCUT2D eigenvalue weighted by Crippen LogP contribution is 2.29. The largest absolute Gasteiger partial charge is 0.506 e. The molecule has 0 bridgehead atoms. The van der Waals surface area contributed by atoms with E-state index in [4.69, 9.17) is 4.74 Å². The summed E-state index contributed by atoms with van der Waals surface area (Å²) in [4.78, 5) is 16.0. The summed E-state index contributed by atoms with van der Waals surface area (Å²) in [7, 11) is 1.59. The molecular formula is C13H13NO3. The van der Waals surface area contributed by atoms with E-state index in [1.54, 1.807) is 31.4 Å². The van der Waals surface area contributed by atoms with Crippen molar-refractivity contribution in [1.29, 1.82) is 0 Å². The first-order chi connectivity index (χ1) is 8.25. The fourth-order valence-electron chi connectivity index (χ4n) is 1.70. The lowest BCUT2D eigenvalue weighted by molar-refractivity contribution is 0.104. The van der Waals surface area contributed by atoms with E-state index in [0.717, 1.165) is 0 Å². The van der Waals surface area contributed by atoms with Gasteiger partial charge < -0.3 is 9.84 Å². The lowest BCUT2D eigenvalue weighted by Gasteiger charge is -1.95. The van der Waals surface area contributed by atoms with Crippen LogP contribution in [0.1, 0.15) is 15.9 Å². The molecule has 0 saturated carbocycles. The molecule has 1 N–H and O–H groups in total. The number of allylic oxidation sites excluding steroid dienone is 1. The number of ether oxygens (including phenoxy) is 1. The first kappa shape index (κ1) is 11.5. The molecule has 1 aliphatic rings. The first-order valence-electron chi connectivity index (χ1n) is 5.32. The zero-order valence-electron chi connectivity index (χ0n) is 9.51. The number of nitrogens with zero attached hydrogens (tertiary/aromatic N) is 1. The zero-order valence-corrected chi connectivity index (χ0v) is 9.51. The number of aliphatic hydroxyl groups excluding tert-OH is 1. The molecule has 17 heavy (non-hydrogen) atoms. The van der Waals surface area contributed by atoms with Crippen molar-refractivity contribution >= 4 is 17.8 Å². The van der Waals surface area contributed by atoms with Gasteiger partial charge in [-0.2, -0.15) is 0 Å².